The first kappa shape index (κ1) is 20.3. The molecule has 2 heterocycles. The summed E-state index contributed by atoms with van der Waals surface area (Å²) < 4.78 is 39.0. The fraction of sp³-hybridized carbons (Fsp3) is 0.588. The zero-order chi connectivity index (χ0) is 19.4. The van der Waals surface area contributed by atoms with E-state index in [-0.39, 0.29) is 12.5 Å². The van der Waals surface area contributed by atoms with Crippen LogP contribution in [0.1, 0.15) is 12.8 Å². The zero-order valence-corrected chi connectivity index (χ0v) is 16.8. The third-order valence-electron chi connectivity index (χ3n) is 4.80. The summed E-state index contributed by atoms with van der Waals surface area (Å²) in [7, 11) is -2.07. The van der Waals surface area contributed by atoms with Crippen LogP contribution in [0.25, 0.3) is 0 Å². The van der Waals surface area contributed by atoms with Crippen molar-refractivity contribution >= 4 is 33.4 Å². The Hall–Kier alpha value is -1.39. The summed E-state index contributed by atoms with van der Waals surface area (Å²) in [6.07, 6.45) is 1.26. The summed E-state index contributed by atoms with van der Waals surface area (Å²) >= 11 is 6.00. The summed E-state index contributed by atoms with van der Waals surface area (Å²) in [6, 6.07) is 4.96. The molecule has 1 amide bonds. The minimum absolute atomic E-state index is 0.161. The molecular weight excluding hydrogens is 394 g/mol. The lowest BCUT2D eigenvalue weighted by Gasteiger charge is -2.36. The molecule has 2 aliphatic rings. The van der Waals surface area contributed by atoms with Gasteiger partial charge in [-0.25, -0.2) is 0 Å². The van der Waals surface area contributed by atoms with E-state index in [1.54, 1.807) is 18.2 Å². The molecule has 1 N–H and O–H groups in total. The highest BCUT2D eigenvalue weighted by Crippen LogP contribution is 2.29. The normalized spacial score (nSPS) is 22.4. The van der Waals surface area contributed by atoms with Gasteiger partial charge in [-0.05, 0) is 31.0 Å². The lowest BCUT2D eigenvalue weighted by Crippen LogP contribution is -2.52. The Morgan fingerprint density at radius 1 is 1.26 bits per heavy atom. The van der Waals surface area contributed by atoms with Crippen LogP contribution in [0.3, 0.4) is 0 Å². The van der Waals surface area contributed by atoms with E-state index in [9.17, 15) is 13.2 Å². The van der Waals surface area contributed by atoms with Gasteiger partial charge in [0.2, 0.25) is 5.91 Å². The Bertz CT molecular complexity index is 783. The highest BCUT2D eigenvalue weighted by atomic mass is 35.5. The fourth-order valence-electron chi connectivity index (χ4n) is 3.32. The van der Waals surface area contributed by atoms with Crippen molar-refractivity contribution in [3.63, 3.8) is 0 Å². The molecule has 0 aliphatic carbocycles. The van der Waals surface area contributed by atoms with E-state index in [0.29, 0.717) is 62.1 Å². The molecule has 0 radical (unpaired) electrons. The molecule has 0 aromatic heterocycles. The number of carbonyl (C=O) groups excluding carboxylic acids is 1. The fourth-order valence-corrected chi connectivity index (χ4v) is 5.16. The highest BCUT2D eigenvalue weighted by molar-refractivity contribution is 7.86. The van der Waals surface area contributed by atoms with Crippen molar-refractivity contribution < 1.29 is 22.7 Å². The number of hydrogen-bond acceptors (Lipinski definition) is 5. The predicted molar refractivity (Wildman–Crippen MR) is 102 cm³/mol. The molecule has 2 aliphatic heterocycles. The quantitative estimate of drug-likeness (QED) is 0.785. The maximum Gasteiger partial charge on any atom is 0.282 e. The first-order valence-electron chi connectivity index (χ1n) is 8.89. The molecule has 2 fully saturated rings. The molecule has 3 rings (SSSR count). The largest absolute Gasteiger partial charge is 0.495 e. The van der Waals surface area contributed by atoms with Gasteiger partial charge in [-0.2, -0.15) is 17.0 Å². The van der Waals surface area contributed by atoms with E-state index in [2.05, 4.69) is 5.32 Å². The second-order valence-corrected chi connectivity index (χ2v) is 8.92. The van der Waals surface area contributed by atoms with E-state index < -0.39 is 16.1 Å². The van der Waals surface area contributed by atoms with Crippen molar-refractivity contribution in [1.29, 1.82) is 0 Å². The molecular formula is C17H24ClN3O5S. The van der Waals surface area contributed by atoms with Crippen molar-refractivity contribution in [1.82, 2.24) is 8.61 Å². The molecule has 0 saturated carbocycles. The molecule has 1 aromatic carbocycles. The molecule has 27 heavy (non-hydrogen) atoms. The van der Waals surface area contributed by atoms with E-state index in [4.69, 9.17) is 21.1 Å². The van der Waals surface area contributed by atoms with Crippen LogP contribution in [-0.4, -0.2) is 69.4 Å². The van der Waals surface area contributed by atoms with Crippen LogP contribution < -0.4 is 10.1 Å². The summed E-state index contributed by atoms with van der Waals surface area (Å²) in [5.41, 5.74) is 0.475. The first-order chi connectivity index (χ1) is 12.9. The monoisotopic (exact) mass is 417 g/mol. The maximum atomic E-state index is 12.8. The summed E-state index contributed by atoms with van der Waals surface area (Å²) in [5, 5.41) is 3.30. The van der Waals surface area contributed by atoms with Crippen molar-refractivity contribution in [3.8, 4) is 5.75 Å². The van der Waals surface area contributed by atoms with Gasteiger partial charge in [0.05, 0.1) is 31.9 Å². The Labute approximate surface area is 164 Å². The van der Waals surface area contributed by atoms with Gasteiger partial charge in [0, 0.05) is 31.2 Å². The molecule has 1 unspecified atom stereocenters. The van der Waals surface area contributed by atoms with E-state index >= 15 is 0 Å². The molecule has 150 valence electrons. The first-order valence-corrected chi connectivity index (χ1v) is 10.7. The molecule has 1 atom stereocenters. The Balaban J connectivity index is 1.69. The molecule has 8 nitrogen and oxygen atoms in total. The van der Waals surface area contributed by atoms with Gasteiger partial charge >= 0.3 is 0 Å². The van der Waals surface area contributed by atoms with Gasteiger partial charge in [-0.15, -0.1) is 0 Å². The van der Waals surface area contributed by atoms with Crippen LogP contribution in [-0.2, 0) is 19.7 Å². The minimum atomic E-state index is -3.58. The second kappa shape index (κ2) is 8.74. The summed E-state index contributed by atoms with van der Waals surface area (Å²) in [6.45, 7) is 2.06. The van der Waals surface area contributed by atoms with Crippen molar-refractivity contribution in [2.24, 2.45) is 5.92 Å². The Kier molecular flexibility index (Phi) is 6.59. The van der Waals surface area contributed by atoms with Gasteiger partial charge in [0.25, 0.3) is 10.2 Å². The number of amides is 1. The second-order valence-electron chi connectivity index (χ2n) is 6.55. The number of rotatable bonds is 5. The molecule has 2 saturated heterocycles. The number of anilines is 1. The van der Waals surface area contributed by atoms with Gasteiger partial charge in [-0.3, -0.25) is 4.79 Å². The molecule has 0 bridgehead atoms. The van der Waals surface area contributed by atoms with Gasteiger partial charge in [-0.1, -0.05) is 11.6 Å². The average molecular weight is 418 g/mol. The van der Waals surface area contributed by atoms with E-state index in [1.807, 2.05) is 0 Å². The van der Waals surface area contributed by atoms with Crippen LogP contribution in [0.2, 0.25) is 5.02 Å². The summed E-state index contributed by atoms with van der Waals surface area (Å²) in [4.78, 5) is 12.7. The number of nitrogens with one attached hydrogen (secondary N) is 1. The van der Waals surface area contributed by atoms with Crippen LogP contribution in [0.4, 0.5) is 5.69 Å². The molecule has 0 spiro atoms. The third kappa shape index (κ3) is 4.72. The van der Waals surface area contributed by atoms with Crippen molar-refractivity contribution in [2.75, 3.05) is 51.8 Å². The van der Waals surface area contributed by atoms with E-state index in [1.165, 1.54) is 15.7 Å². The number of morpholine rings is 1. The number of ether oxygens (including phenoxy) is 2. The number of halogens is 1. The molecule has 1 aromatic rings. The minimum Gasteiger partial charge on any atom is -0.495 e. The van der Waals surface area contributed by atoms with Crippen molar-refractivity contribution in [2.45, 2.75) is 12.8 Å². The maximum absolute atomic E-state index is 12.8. The number of nitrogens with zero attached hydrogens (tertiary/aromatic N) is 2. The third-order valence-corrected chi connectivity index (χ3v) is 7.03. The summed E-state index contributed by atoms with van der Waals surface area (Å²) in [5.74, 6) is -0.169. The predicted octanol–water partition coefficient (Wildman–Crippen LogP) is 1.58. The van der Waals surface area contributed by atoms with Gasteiger partial charge in [0.15, 0.2) is 0 Å². The number of hydrogen-bond donors (Lipinski definition) is 1. The number of methoxy groups -OCH3 is 1. The number of piperidine rings is 1. The average Bonchev–Trinajstić information content (AvgIpc) is 2.69. The Morgan fingerprint density at radius 3 is 2.70 bits per heavy atom. The van der Waals surface area contributed by atoms with Gasteiger partial charge in [0.1, 0.15) is 5.75 Å². The smallest absolute Gasteiger partial charge is 0.282 e. The highest BCUT2D eigenvalue weighted by Gasteiger charge is 2.36. The van der Waals surface area contributed by atoms with Crippen LogP contribution in [0.15, 0.2) is 18.2 Å². The topological polar surface area (TPSA) is 88.2 Å². The van der Waals surface area contributed by atoms with Gasteiger partial charge < -0.3 is 14.8 Å². The SMILES string of the molecule is COc1ccc(Cl)cc1NC(=O)C1CCCN(S(=O)(=O)N2CCOCC2)C1. The lowest BCUT2D eigenvalue weighted by atomic mass is 9.98. The molecule has 10 heteroatoms. The number of benzene rings is 1. The number of carbonyl (C=O) groups is 1. The van der Waals surface area contributed by atoms with Crippen molar-refractivity contribution in [3.05, 3.63) is 23.2 Å². The van der Waals surface area contributed by atoms with Crippen LogP contribution in [0, 0.1) is 5.92 Å². The Morgan fingerprint density at radius 2 is 2.00 bits per heavy atom. The van der Waals surface area contributed by atoms with Crippen LogP contribution in [0.5, 0.6) is 5.75 Å². The standard InChI is InChI=1S/C17H24ClN3O5S/c1-25-16-5-4-14(18)11-15(16)19-17(22)13-3-2-6-21(12-13)27(23,24)20-7-9-26-10-8-20/h4-5,11,13H,2-3,6-10,12H2,1H3,(H,19,22). The zero-order valence-electron chi connectivity index (χ0n) is 15.2. The van der Waals surface area contributed by atoms with Crippen LogP contribution >= 0.6 is 11.6 Å². The lowest BCUT2D eigenvalue weighted by molar-refractivity contribution is -0.120. The van der Waals surface area contributed by atoms with E-state index in [0.717, 1.165) is 0 Å².